The molecule has 0 spiro atoms. The van der Waals surface area contributed by atoms with Crippen molar-refractivity contribution in [3.8, 4) is 0 Å². The number of anilines is 1. The van der Waals surface area contributed by atoms with Gasteiger partial charge < -0.3 is 15.9 Å². The van der Waals surface area contributed by atoms with Gasteiger partial charge in [-0.15, -0.1) is 0 Å². The van der Waals surface area contributed by atoms with E-state index in [2.05, 4.69) is 4.98 Å². The monoisotopic (exact) mass is 241 g/mol. The van der Waals surface area contributed by atoms with Crippen molar-refractivity contribution in [3.05, 3.63) is 28.1 Å². The number of aromatic nitrogens is 1. The van der Waals surface area contributed by atoms with Crippen LogP contribution < -0.4 is 5.73 Å². The van der Waals surface area contributed by atoms with Gasteiger partial charge in [0, 0.05) is 6.20 Å². The standard InChI is InChI=1S/C8H7N3O6/c9-3-1-2-10-5(6(3)11(16)17)4(7(12)13)8(14)15/h1-2,4H,(H2,9,10)(H,12,13)(H,14,15). The van der Waals surface area contributed by atoms with Crippen LogP contribution in [0.4, 0.5) is 11.4 Å². The molecular formula is C8H7N3O6. The number of carboxylic acid groups (broad SMARTS) is 2. The molecule has 17 heavy (non-hydrogen) atoms. The predicted molar refractivity (Wildman–Crippen MR) is 53.3 cm³/mol. The van der Waals surface area contributed by atoms with Crippen LogP contribution in [0.2, 0.25) is 0 Å². The van der Waals surface area contributed by atoms with Gasteiger partial charge >= 0.3 is 17.6 Å². The van der Waals surface area contributed by atoms with Crippen LogP contribution in [0, 0.1) is 10.1 Å². The summed E-state index contributed by atoms with van der Waals surface area (Å²) in [5.41, 5.74) is 3.45. The SMILES string of the molecule is Nc1ccnc(C(C(=O)O)C(=O)O)c1[N+](=O)[O-]. The molecule has 1 aromatic heterocycles. The van der Waals surface area contributed by atoms with Gasteiger partial charge in [0.1, 0.15) is 11.4 Å². The summed E-state index contributed by atoms with van der Waals surface area (Å²) in [4.78, 5) is 34.6. The number of hydrogen-bond acceptors (Lipinski definition) is 6. The van der Waals surface area contributed by atoms with Crippen molar-refractivity contribution in [3.63, 3.8) is 0 Å². The number of carbonyl (C=O) groups is 2. The molecule has 1 heterocycles. The lowest BCUT2D eigenvalue weighted by atomic mass is 10.0. The third kappa shape index (κ3) is 2.27. The van der Waals surface area contributed by atoms with Gasteiger partial charge in [-0.2, -0.15) is 0 Å². The number of nitrogens with zero attached hydrogens (tertiary/aromatic N) is 2. The molecule has 1 aromatic rings. The number of rotatable bonds is 4. The second kappa shape index (κ2) is 4.43. The summed E-state index contributed by atoms with van der Waals surface area (Å²) < 4.78 is 0. The number of nitrogens with two attached hydrogens (primary N) is 1. The molecular weight excluding hydrogens is 234 g/mol. The molecule has 0 atom stereocenters. The number of nitro groups is 1. The van der Waals surface area contributed by atoms with Crippen molar-refractivity contribution in [1.29, 1.82) is 0 Å². The Morgan fingerprint density at radius 1 is 1.41 bits per heavy atom. The van der Waals surface area contributed by atoms with E-state index in [0.29, 0.717) is 0 Å². The first-order valence-corrected chi connectivity index (χ1v) is 4.20. The first kappa shape index (κ1) is 12.4. The molecule has 9 heteroatoms. The van der Waals surface area contributed by atoms with E-state index in [1.807, 2.05) is 0 Å². The molecule has 0 saturated heterocycles. The molecule has 0 aromatic carbocycles. The smallest absolute Gasteiger partial charge is 0.324 e. The fourth-order valence-corrected chi connectivity index (χ4v) is 1.24. The van der Waals surface area contributed by atoms with Gasteiger partial charge in [-0.25, -0.2) is 0 Å². The Bertz CT molecular complexity index is 486. The van der Waals surface area contributed by atoms with Gasteiger partial charge in [0.15, 0.2) is 0 Å². The molecule has 4 N–H and O–H groups in total. The van der Waals surface area contributed by atoms with Gasteiger partial charge in [-0.05, 0) is 6.07 Å². The van der Waals surface area contributed by atoms with Crippen LogP contribution in [0.25, 0.3) is 0 Å². The highest BCUT2D eigenvalue weighted by Crippen LogP contribution is 2.30. The second-order valence-corrected chi connectivity index (χ2v) is 3.00. The summed E-state index contributed by atoms with van der Waals surface area (Å²) in [6.45, 7) is 0. The molecule has 0 aliphatic heterocycles. The number of carboxylic acids is 2. The van der Waals surface area contributed by atoms with E-state index in [4.69, 9.17) is 15.9 Å². The summed E-state index contributed by atoms with van der Waals surface area (Å²) in [6.07, 6.45) is 1.01. The Hall–Kier alpha value is -2.71. The van der Waals surface area contributed by atoms with Crippen molar-refractivity contribution in [2.75, 3.05) is 5.73 Å². The second-order valence-electron chi connectivity index (χ2n) is 3.00. The minimum atomic E-state index is -2.13. The number of aliphatic carboxylic acids is 2. The lowest BCUT2D eigenvalue weighted by molar-refractivity contribution is -0.385. The van der Waals surface area contributed by atoms with Gasteiger partial charge in [-0.1, -0.05) is 0 Å². The van der Waals surface area contributed by atoms with Gasteiger partial charge in [0.05, 0.1) is 4.92 Å². The minimum absolute atomic E-state index is 0.340. The molecule has 90 valence electrons. The molecule has 0 amide bonds. The van der Waals surface area contributed by atoms with Crippen LogP contribution in [-0.2, 0) is 9.59 Å². The fraction of sp³-hybridized carbons (Fsp3) is 0.125. The molecule has 0 unspecified atom stereocenters. The number of pyridine rings is 1. The Kier molecular flexibility index (Phi) is 3.22. The molecule has 0 aliphatic carbocycles. The van der Waals surface area contributed by atoms with Gasteiger partial charge in [-0.3, -0.25) is 24.7 Å². The summed E-state index contributed by atoms with van der Waals surface area (Å²) in [5.74, 6) is -5.63. The molecule has 9 nitrogen and oxygen atoms in total. The zero-order valence-electron chi connectivity index (χ0n) is 8.23. The Balaban J connectivity index is 3.48. The van der Waals surface area contributed by atoms with E-state index in [-0.39, 0.29) is 5.69 Å². The van der Waals surface area contributed by atoms with Crippen LogP contribution in [0.15, 0.2) is 12.3 Å². The Morgan fingerprint density at radius 2 is 1.94 bits per heavy atom. The van der Waals surface area contributed by atoms with E-state index >= 15 is 0 Å². The third-order valence-corrected chi connectivity index (χ3v) is 1.93. The molecule has 0 saturated carbocycles. The largest absolute Gasteiger partial charge is 0.480 e. The summed E-state index contributed by atoms with van der Waals surface area (Å²) in [5, 5.41) is 28.1. The maximum Gasteiger partial charge on any atom is 0.324 e. The third-order valence-electron chi connectivity index (χ3n) is 1.93. The average molecular weight is 241 g/mol. The molecule has 0 bridgehead atoms. The molecule has 0 fully saturated rings. The van der Waals surface area contributed by atoms with Crippen LogP contribution in [0.1, 0.15) is 11.6 Å². The minimum Gasteiger partial charge on any atom is -0.480 e. The summed E-state index contributed by atoms with van der Waals surface area (Å²) >= 11 is 0. The highest BCUT2D eigenvalue weighted by Gasteiger charge is 2.36. The molecule has 0 aliphatic rings. The average Bonchev–Trinajstić information content (AvgIpc) is 2.15. The first-order valence-electron chi connectivity index (χ1n) is 4.20. The maximum atomic E-state index is 10.7. The van der Waals surface area contributed by atoms with Crippen LogP contribution in [-0.4, -0.2) is 32.1 Å². The highest BCUT2D eigenvalue weighted by molar-refractivity contribution is 5.99. The molecule has 1 rings (SSSR count). The fourth-order valence-electron chi connectivity index (χ4n) is 1.24. The zero-order chi connectivity index (χ0) is 13.2. The molecule has 0 radical (unpaired) electrons. The lowest BCUT2D eigenvalue weighted by Crippen LogP contribution is -2.23. The summed E-state index contributed by atoms with van der Waals surface area (Å²) in [7, 11) is 0. The van der Waals surface area contributed by atoms with E-state index in [1.165, 1.54) is 0 Å². The lowest BCUT2D eigenvalue weighted by Gasteiger charge is -2.08. The topological polar surface area (TPSA) is 157 Å². The van der Waals surface area contributed by atoms with Crippen LogP contribution in [0.5, 0.6) is 0 Å². The number of hydrogen-bond donors (Lipinski definition) is 3. The van der Waals surface area contributed by atoms with E-state index in [1.54, 1.807) is 0 Å². The van der Waals surface area contributed by atoms with Crippen molar-refractivity contribution in [2.45, 2.75) is 5.92 Å². The number of nitrogen functional groups attached to an aromatic ring is 1. The normalized spacial score (nSPS) is 10.2. The Labute approximate surface area is 93.7 Å². The Morgan fingerprint density at radius 3 is 2.35 bits per heavy atom. The van der Waals surface area contributed by atoms with Crippen LogP contribution >= 0.6 is 0 Å². The van der Waals surface area contributed by atoms with Crippen molar-refractivity contribution in [1.82, 2.24) is 4.98 Å². The van der Waals surface area contributed by atoms with Crippen molar-refractivity contribution < 1.29 is 24.7 Å². The van der Waals surface area contributed by atoms with E-state index in [0.717, 1.165) is 12.3 Å². The van der Waals surface area contributed by atoms with E-state index < -0.39 is 34.2 Å². The van der Waals surface area contributed by atoms with Gasteiger partial charge in [0.2, 0.25) is 5.92 Å². The highest BCUT2D eigenvalue weighted by atomic mass is 16.6. The van der Waals surface area contributed by atoms with Gasteiger partial charge in [0.25, 0.3) is 0 Å². The zero-order valence-corrected chi connectivity index (χ0v) is 8.23. The first-order chi connectivity index (χ1) is 7.86. The van der Waals surface area contributed by atoms with Crippen LogP contribution in [0.3, 0.4) is 0 Å². The quantitative estimate of drug-likeness (QED) is 0.372. The summed E-state index contributed by atoms with van der Waals surface area (Å²) in [6, 6.07) is 1.09. The van der Waals surface area contributed by atoms with Crippen molar-refractivity contribution >= 4 is 23.3 Å². The van der Waals surface area contributed by atoms with Crippen molar-refractivity contribution in [2.24, 2.45) is 0 Å². The predicted octanol–water partition coefficient (Wildman–Crippen LogP) is -0.175. The van der Waals surface area contributed by atoms with E-state index in [9.17, 15) is 19.7 Å². The maximum absolute atomic E-state index is 10.7.